The van der Waals surface area contributed by atoms with E-state index < -0.39 is 22.7 Å². The predicted molar refractivity (Wildman–Crippen MR) is 98.0 cm³/mol. The summed E-state index contributed by atoms with van der Waals surface area (Å²) in [6.45, 7) is -0.234. The lowest BCUT2D eigenvalue weighted by atomic mass is 10.1. The third-order valence-electron chi connectivity index (χ3n) is 3.56. The molecule has 0 aromatic heterocycles. The number of rotatable bonds is 5. The van der Waals surface area contributed by atoms with Gasteiger partial charge in [-0.15, -0.1) is 0 Å². The highest BCUT2D eigenvalue weighted by Gasteiger charge is 2.33. The van der Waals surface area contributed by atoms with E-state index in [9.17, 15) is 22.8 Å². The van der Waals surface area contributed by atoms with Crippen molar-refractivity contribution in [3.05, 3.63) is 58.6 Å². The van der Waals surface area contributed by atoms with Crippen LogP contribution < -0.4 is 10.6 Å². The highest BCUT2D eigenvalue weighted by molar-refractivity contribution is 6.31. The van der Waals surface area contributed by atoms with Crippen LogP contribution in [-0.4, -0.2) is 37.4 Å². The number of amides is 2. The van der Waals surface area contributed by atoms with Crippen LogP contribution >= 0.6 is 11.6 Å². The first-order chi connectivity index (χ1) is 12.6. The number of carbonyl (C=O) groups is 2. The van der Waals surface area contributed by atoms with Gasteiger partial charge in [0.1, 0.15) is 0 Å². The minimum atomic E-state index is -4.62. The number of anilines is 2. The summed E-state index contributed by atoms with van der Waals surface area (Å²) in [5.41, 5.74) is -0.243. The van der Waals surface area contributed by atoms with Crippen molar-refractivity contribution in [2.24, 2.45) is 0 Å². The lowest BCUT2D eigenvalue weighted by Crippen LogP contribution is -2.25. The van der Waals surface area contributed by atoms with Crippen LogP contribution in [0.4, 0.5) is 24.5 Å². The maximum absolute atomic E-state index is 12.9. The molecular formula is C18H17ClF3N3O2. The molecule has 2 rings (SSSR count). The van der Waals surface area contributed by atoms with Crippen LogP contribution in [0.25, 0.3) is 0 Å². The van der Waals surface area contributed by atoms with Crippen molar-refractivity contribution in [1.29, 1.82) is 0 Å². The summed E-state index contributed by atoms with van der Waals surface area (Å²) in [6.07, 6.45) is -4.62. The molecule has 0 aliphatic carbocycles. The third kappa shape index (κ3) is 5.37. The molecule has 0 atom stereocenters. The number of para-hydroxylation sites is 1. The molecule has 5 nitrogen and oxygen atoms in total. The summed E-state index contributed by atoms with van der Waals surface area (Å²) in [4.78, 5) is 25.6. The van der Waals surface area contributed by atoms with E-state index in [0.717, 1.165) is 12.1 Å². The molecule has 0 saturated carbocycles. The van der Waals surface area contributed by atoms with Gasteiger partial charge in [0.15, 0.2) is 0 Å². The lowest BCUT2D eigenvalue weighted by molar-refractivity contribution is -0.137. The summed E-state index contributed by atoms with van der Waals surface area (Å²) in [5.74, 6) is -0.816. The quantitative estimate of drug-likeness (QED) is 0.795. The molecule has 2 N–H and O–H groups in total. The monoisotopic (exact) mass is 399 g/mol. The molecule has 0 saturated heterocycles. The number of halogens is 4. The zero-order chi connectivity index (χ0) is 20.2. The molecule has 0 heterocycles. The summed E-state index contributed by atoms with van der Waals surface area (Å²) in [7, 11) is 3.20. The summed E-state index contributed by atoms with van der Waals surface area (Å²) in [5, 5.41) is 4.74. The minimum Gasteiger partial charge on any atom is -0.376 e. The Balaban J connectivity index is 2.07. The number of nitrogens with zero attached hydrogens (tertiary/aromatic N) is 1. The first-order valence-corrected chi connectivity index (χ1v) is 8.18. The van der Waals surface area contributed by atoms with Gasteiger partial charge in [0.25, 0.3) is 5.91 Å². The fraction of sp³-hybridized carbons (Fsp3) is 0.222. The Hall–Kier alpha value is -2.74. The Labute approximate surface area is 159 Å². The number of hydrogen-bond donors (Lipinski definition) is 2. The van der Waals surface area contributed by atoms with E-state index in [1.165, 1.54) is 11.0 Å². The standard InChI is InChI=1S/C18H17ClF3N3O2/c1-25(2)17(27)12-5-3-4-6-15(12)23-10-16(26)24-11-7-8-14(19)13(9-11)18(20,21)22/h3-9,23H,10H2,1-2H3,(H,24,26). The Kier molecular flexibility index (Phi) is 6.32. The molecule has 2 aromatic rings. The molecule has 9 heteroatoms. The lowest BCUT2D eigenvalue weighted by Gasteiger charge is -2.15. The number of carbonyl (C=O) groups excluding carboxylic acids is 2. The largest absolute Gasteiger partial charge is 0.417 e. The molecule has 0 fully saturated rings. The zero-order valence-electron chi connectivity index (χ0n) is 14.5. The number of nitrogens with one attached hydrogen (secondary N) is 2. The van der Waals surface area contributed by atoms with Crippen LogP contribution in [0.5, 0.6) is 0 Å². The van der Waals surface area contributed by atoms with E-state index in [4.69, 9.17) is 11.6 Å². The van der Waals surface area contributed by atoms with E-state index in [1.54, 1.807) is 38.4 Å². The van der Waals surface area contributed by atoms with Gasteiger partial charge in [-0.1, -0.05) is 23.7 Å². The molecule has 144 valence electrons. The molecule has 0 spiro atoms. The van der Waals surface area contributed by atoms with E-state index in [1.807, 2.05) is 0 Å². The molecule has 27 heavy (non-hydrogen) atoms. The van der Waals surface area contributed by atoms with Gasteiger partial charge in [-0.2, -0.15) is 13.2 Å². The first kappa shape index (κ1) is 20.6. The Morgan fingerprint density at radius 1 is 1.11 bits per heavy atom. The van der Waals surface area contributed by atoms with Crippen molar-refractivity contribution in [2.75, 3.05) is 31.3 Å². The smallest absolute Gasteiger partial charge is 0.376 e. The second-order valence-corrected chi connectivity index (χ2v) is 6.25. The average Bonchev–Trinajstić information content (AvgIpc) is 2.60. The van der Waals surface area contributed by atoms with Gasteiger partial charge in [0.2, 0.25) is 5.91 Å². The molecule has 0 radical (unpaired) electrons. The topological polar surface area (TPSA) is 61.4 Å². The van der Waals surface area contributed by atoms with Crippen molar-refractivity contribution in [2.45, 2.75) is 6.18 Å². The maximum Gasteiger partial charge on any atom is 0.417 e. The molecule has 0 unspecified atom stereocenters. The number of hydrogen-bond acceptors (Lipinski definition) is 3. The normalized spacial score (nSPS) is 11.0. The van der Waals surface area contributed by atoms with Crippen molar-refractivity contribution in [3.63, 3.8) is 0 Å². The van der Waals surface area contributed by atoms with Crippen molar-refractivity contribution in [1.82, 2.24) is 4.90 Å². The zero-order valence-corrected chi connectivity index (χ0v) is 15.3. The third-order valence-corrected chi connectivity index (χ3v) is 3.89. The minimum absolute atomic E-state index is 0.0313. The van der Waals surface area contributed by atoms with Crippen LogP contribution in [0.3, 0.4) is 0 Å². The molecule has 0 bridgehead atoms. The Morgan fingerprint density at radius 3 is 2.41 bits per heavy atom. The van der Waals surface area contributed by atoms with E-state index in [2.05, 4.69) is 10.6 Å². The van der Waals surface area contributed by atoms with Crippen molar-refractivity contribution < 1.29 is 22.8 Å². The van der Waals surface area contributed by atoms with Gasteiger partial charge in [0.05, 0.1) is 22.7 Å². The van der Waals surface area contributed by atoms with Gasteiger partial charge in [-0.25, -0.2) is 0 Å². The molecule has 2 aromatic carbocycles. The van der Waals surface area contributed by atoms with Crippen LogP contribution in [0.15, 0.2) is 42.5 Å². The maximum atomic E-state index is 12.9. The second-order valence-electron chi connectivity index (χ2n) is 5.84. The van der Waals surface area contributed by atoms with Crippen molar-refractivity contribution in [3.8, 4) is 0 Å². The average molecular weight is 400 g/mol. The first-order valence-electron chi connectivity index (χ1n) is 7.80. The summed E-state index contributed by atoms with van der Waals surface area (Å²) >= 11 is 5.55. The van der Waals surface area contributed by atoms with Crippen LogP contribution in [0.2, 0.25) is 5.02 Å². The van der Waals surface area contributed by atoms with Gasteiger partial charge >= 0.3 is 6.18 Å². The predicted octanol–water partition coefficient (Wildman–Crippen LogP) is 4.11. The molecule has 0 aliphatic heterocycles. The second kappa shape index (κ2) is 8.30. The van der Waals surface area contributed by atoms with E-state index in [-0.39, 0.29) is 18.1 Å². The van der Waals surface area contributed by atoms with E-state index in [0.29, 0.717) is 11.3 Å². The van der Waals surface area contributed by atoms with Gasteiger partial charge in [-0.3, -0.25) is 9.59 Å². The highest BCUT2D eigenvalue weighted by atomic mass is 35.5. The molecule has 2 amide bonds. The van der Waals surface area contributed by atoms with E-state index >= 15 is 0 Å². The van der Waals surface area contributed by atoms with Crippen LogP contribution in [0.1, 0.15) is 15.9 Å². The Morgan fingerprint density at radius 2 is 1.78 bits per heavy atom. The van der Waals surface area contributed by atoms with Gasteiger partial charge < -0.3 is 15.5 Å². The summed E-state index contributed by atoms with van der Waals surface area (Å²) < 4.78 is 38.6. The van der Waals surface area contributed by atoms with Crippen molar-refractivity contribution >= 4 is 34.8 Å². The number of benzene rings is 2. The fourth-order valence-electron chi connectivity index (χ4n) is 2.27. The summed E-state index contributed by atoms with van der Waals surface area (Å²) in [6, 6.07) is 9.74. The Bertz CT molecular complexity index is 854. The number of alkyl halides is 3. The van der Waals surface area contributed by atoms with Crippen LogP contribution in [0, 0.1) is 0 Å². The highest BCUT2D eigenvalue weighted by Crippen LogP contribution is 2.36. The van der Waals surface area contributed by atoms with Crippen LogP contribution in [-0.2, 0) is 11.0 Å². The fourth-order valence-corrected chi connectivity index (χ4v) is 2.49. The SMILES string of the molecule is CN(C)C(=O)c1ccccc1NCC(=O)Nc1ccc(Cl)c(C(F)(F)F)c1. The molecular weight excluding hydrogens is 383 g/mol. The molecule has 0 aliphatic rings. The van der Waals surface area contributed by atoms with Gasteiger partial charge in [-0.05, 0) is 30.3 Å². The van der Waals surface area contributed by atoms with Gasteiger partial charge in [0, 0.05) is 25.5 Å².